The number of rotatable bonds is 3. The Kier molecular flexibility index (Phi) is 8.26. The number of morpholine rings is 1. The summed E-state index contributed by atoms with van der Waals surface area (Å²) in [5.41, 5.74) is 5.34. The van der Waals surface area contributed by atoms with Gasteiger partial charge in [0.2, 0.25) is 5.43 Å². The predicted octanol–water partition coefficient (Wildman–Crippen LogP) is 4.22. The maximum Gasteiger partial charge on any atom is 0.278 e. The van der Waals surface area contributed by atoms with Crippen LogP contribution in [0.25, 0.3) is 0 Å². The number of benzene rings is 2. The molecule has 0 aliphatic carbocycles. The first kappa shape index (κ1) is 27.6. The molecule has 2 N–H and O–H groups in total. The van der Waals surface area contributed by atoms with Gasteiger partial charge in [0, 0.05) is 34.3 Å². The monoisotopic (exact) mass is 573 g/mol. The second kappa shape index (κ2) is 11.7. The number of ether oxygens (including phenoxy) is 1. The molecule has 1 aromatic heterocycles. The average Bonchev–Trinajstić information content (AvgIpc) is 3.14. The Labute approximate surface area is 230 Å². The van der Waals surface area contributed by atoms with Crippen LogP contribution >= 0.6 is 19.7 Å². The normalized spacial score (nSPS) is 17.6. The first-order valence-electron chi connectivity index (χ1n) is 12.9. The van der Waals surface area contributed by atoms with Gasteiger partial charge in [-0.1, -0.05) is 46.0 Å². The predicted molar refractivity (Wildman–Crippen MR) is 150 cm³/mol. The molecule has 0 bridgehead atoms. The van der Waals surface area contributed by atoms with Crippen LogP contribution in [0.2, 0.25) is 0 Å². The smallest absolute Gasteiger partial charge is 0.278 e. The van der Waals surface area contributed by atoms with Crippen molar-refractivity contribution >= 4 is 30.9 Å². The summed E-state index contributed by atoms with van der Waals surface area (Å²) in [7, 11) is -0.627. The highest BCUT2D eigenvalue weighted by Gasteiger charge is 2.37. The molecule has 4 heterocycles. The lowest BCUT2D eigenvalue weighted by Gasteiger charge is -2.41. The van der Waals surface area contributed by atoms with Crippen molar-refractivity contribution in [1.29, 1.82) is 0 Å². The first-order chi connectivity index (χ1) is 18.8. The summed E-state index contributed by atoms with van der Waals surface area (Å²) in [5.74, 6) is -1.73. The molecule has 3 aliphatic heterocycles. The summed E-state index contributed by atoms with van der Waals surface area (Å²) >= 11 is 1.57. The van der Waals surface area contributed by atoms with Gasteiger partial charge in [0.25, 0.3) is 5.91 Å². The molecule has 3 aliphatic rings. The van der Waals surface area contributed by atoms with Gasteiger partial charge in [0.15, 0.2) is 23.1 Å². The number of aromatic nitrogens is 1. The Morgan fingerprint density at radius 1 is 1.13 bits per heavy atom. The molecule has 2 aromatic carbocycles. The van der Waals surface area contributed by atoms with Crippen LogP contribution in [0.4, 0.5) is 8.78 Å². The lowest BCUT2D eigenvalue weighted by atomic mass is 10.0. The molecule has 0 saturated carbocycles. The van der Waals surface area contributed by atoms with Crippen LogP contribution in [0, 0.1) is 11.6 Å². The Morgan fingerprint density at radius 3 is 2.67 bits per heavy atom. The van der Waals surface area contributed by atoms with Crippen molar-refractivity contribution in [3.05, 3.63) is 86.8 Å². The molecule has 0 radical (unpaired) electrons. The van der Waals surface area contributed by atoms with E-state index in [0.717, 1.165) is 22.8 Å². The Morgan fingerprint density at radius 2 is 1.90 bits per heavy atom. The number of fused-ring (bicyclic) bond motifs is 4. The van der Waals surface area contributed by atoms with Gasteiger partial charge >= 0.3 is 0 Å². The van der Waals surface area contributed by atoms with Crippen LogP contribution in [0.3, 0.4) is 0 Å². The molecule has 0 spiro atoms. The maximum atomic E-state index is 13.7. The molecule has 39 heavy (non-hydrogen) atoms. The fraction of sp³-hybridized carbons (Fsp3) is 0.357. The van der Waals surface area contributed by atoms with E-state index in [9.17, 15) is 23.5 Å². The van der Waals surface area contributed by atoms with Crippen LogP contribution < -0.4 is 16.2 Å². The topological polar surface area (TPSA) is 83.8 Å². The Balaban J connectivity index is 0.000000163. The van der Waals surface area contributed by atoms with Gasteiger partial charge in [-0.2, -0.15) is 0 Å². The van der Waals surface area contributed by atoms with Gasteiger partial charge in [-0.15, -0.1) is 11.8 Å². The number of hydrogen-bond donors (Lipinski definition) is 2. The van der Waals surface area contributed by atoms with Crippen molar-refractivity contribution in [2.24, 2.45) is 0 Å². The standard InChI is InChI=1S/C14H10F2S.C14H20N3O4P/c15-12-6-5-9-7-10-3-1-2-4-13(10)17-8-11(9)14(12)16;1-3-22(4-2)9-7-17-11(13(19)12(9)18)14(20)16-5-6-21-8-10(16)15-17/h1-6H,7-8H2;7,10,15,19H,3-6,8H2,1-2H3. The zero-order chi connectivity index (χ0) is 27.7. The molecular weight excluding hydrogens is 543 g/mol. The molecule has 6 rings (SSSR count). The fourth-order valence-electron chi connectivity index (χ4n) is 5.03. The molecule has 206 valence electrons. The zero-order valence-electron chi connectivity index (χ0n) is 21.7. The Hall–Kier alpha value is -2.94. The molecule has 1 fully saturated rings. The SMILES string of the molecule is CCP(CC)c1cn2c(c(O)c1=O)C(=O)N1CCOCC1N2.Fc1ccc2c(c1F)CSc1ccccc1C2. The lowest BCUT2D eigenvalue weighted by Crippen LogP contribution is -2.59. The quantitative estimate of drug-likeness (QED) is 0.457. The molecule has 1 saturated heterocycles. The van der Waals surface area contributed by atoms with Crippen LogP contribution in [-0.4, -0.2) is 58.8 Å². The van der Waals surface area contributed by atoms with E-state index in [0.29, 0.717) is 42.8 Å². The van der Waals surface area contributed by atoms with E-state index in [1.165, 1.54) is 16.3 Å². The highest BCUT2D eigenvalue weighted by atomic mass is 32.2. The summed E-state index contributed by atoms with van der Waals surface area (Å²) < 4.78 is 33.8. The van der Waals surface area contributed by atoms with E-state index in [1.54, 1.807) is 28.9 Å². The Bertz CT molecular complexity index is 1460. The van der Waals surface area contributed by atoms with Crippen LogP contribution in [0.5, 0.6) is 5.75 Å². The molecule has 11 heteroatoms. The van der Waals surface area contributed by atoms with Crippen molar-refractivity contribution in [3.63, 3.8) is 0 Å². The largest absolute Gasteiger partial charge is 0.502 e. The van der Waals surface area contributed by atoms with Crippen molar-refractivity contribution in [1.82, 2.24) is 9.58 Å². The van der Waals surface area contributed by atoms with E-state index in [-0.39, 0.29) is 17.8 Å². The summed E-state index contributed by atoms with van der Waals surface area (Å²) in [6.45, 7) is 5.37. The number of nitrogens with one attached hydrogen (secondary N) is 1. The fourth-order valence-corrected chi connectivity index (χ4v) is 7.95. The first-order valence-corrected chi connectivity index (χ1v) is 15.6. The average molecular weight is 574 g/mol. The van der Waals surface area contributed by atoms with E-state index >= 15 is 0 Å². The van der Waals surface area contributed by atoms with Gasteiger partial charge in [-0.25, -0.2) is 8.78 Å². The van der Waals surface area contributed by atoms with Crippen LogP contribution in [-0.2, 0) is 16.9 Å². The van der Waals surface area contributed by atoms with E-state index in [1.807, 2.05) is 38.1 Å². The van der Waals surface area contributed by atoms with Crippen molar-refractivity contribution < 1.29 is 23.4 Å². The van der Waals surface area contributed by atoms with E-state index in [2.05, 4.69) is 5.43 Å². The summed E-state index contributed by atoms with van der Waals surface area (Å²) in [6.07, 6.45) is 3.83. The summed E-state index contributed by atoms with van der Waals surface area (Å²) in [4.78, 5) is 27.7. The van der Waals surface area contributed by atoms with Crippen molar-refractivity contribution in [3.8, 4) is 5.75 Å². The molecule has 1 amide bonds. The van der Waals surface area contributed by atoms with Gasteiger partial charge in [-0.05, 0) is 42.0 Å². The van der Waals surface area contributed by atoms with E-state index < -0.39 is 30.7 Å². The molecule has 7 nitrogen and oxygen atoms in total. The minimum atomic E-state index is -0.754. The number of thioether (sulfide) groups is 1. The minimum Gasteiger partial charge on any atom is -0.502 e. The molecule has 1 atom stereocenters. The number of pyridine rings is 1. The third kappa shape index (κ3) is 5.30. The molecule has 3 aromatic rings. The highest BCUT2D eigenvalue weighted by molar-refractivity contribution is 7.98. The number of carbonyl (C=O) groups excluding carboxylic acids is 1. The summed E-state index contributed by atoms with van der Waals surface area (Å²) in [5, 5.41) is 10.9. The summed E-state index contributed by atoms with van der Waals surface area (Å²) in [6, 6.07) is 10.9. The second-order valence-corrected chi connectivity index (χ2v) is 13.2. The van der Waals surface area contributed by atoms with E-state index in [4.69, 9.17) is 4.74 Å². The number of amides is 1. The number of nitrogens with zero attached hydrogens (tertiary/aromatic N) is 2. The number of hydrogen-bond acceptors (Lipinski definition) is 6. The maximum absolute atomic E-state index is 13.7. The third-order valence-electron chi connectivity index (χ3n) is 7.17. The number of halogens is 2. The highest BCUT2D eigenvalue weighted by Crippen LogP contribution is 2.35. The van der Waals surface area contributed by atoms with Gasteiger partial charge in [0.1, 0.15) is 6.17 Å². The van der Waals surface area contributed by atoms with Gasteiger partial charge < -0.3 is 20.2 Å². The van der Waals surface area contributed by atoms with Gasteiger partial charge in [0.05, 0.1) is 13.2 Å². The third-order valence-corrected chi connectivity index (χ3v) is 10.8. The number of carbonyl (C=O) groups is 1. The molecular formula is C28H30F2N3O4PS. The minimum absolute atomic E-state index is 0.0223. The van der Waals surface area contributed by atoms with Gasteiger partial charge in [-0.3, -0.25) is 14.3 Å². The second-order valence-electron chi connectivity index (χ2n) is 9.37. The van der Waals surface area contributed by atoms with Crippen LogP contribution in [0.15, 0.2) is 52.3 Å². The van der Waals surface area contributed by atoms with Crippen LogP contribution in [0.1, 0.15) is 41.0 Å². The zero-order valence-corrected chi connectivity index (χ0v) is 23.5. The lowest BCUT2D eigenvalue weighted by molar-refractivity contribution is -0.00311. The van der Waals surface area contributed by atoms with Crippen molar-refractivity contribution in [2.45, 2.75) is 37.1 Å². The molecule has 1 unspecified atom stereocenters. The van der Waals surface area contributed by atoms with Crippen molar-refractivity contribution in [2.75, 3.05) is 37.5 Å². The number of aromatic hydroxyl groups is 1.